The third kappa shape index (κ3) is 4.06. The van der Waals surface area contributed by atoms with Gasteiger partial charge in [0, 0.05) is 28.8 Å². The standard InChI is InChI=1S/C22H23N7/c1-13-9-19(27-26-13)25-18-12-14(6-8-24-18)16-10-15(5-7-22(2,3)4)20-17(11-16)21(23)29-28-20/h6,8-12H,1-4H3,(H3,23,28,29)(H2,24,25,26,27). The van der Waals surface area contributed by atoms with Gasteiger partial charge in [-0.2, -0.15) is 10.2 Å². The Hall–Kier alpha value is -3.79. The van der Waals surface area contributed by atoms with E-state index in [4.69, 9.17) is 5.73 Å². The number of aromatic amines is 2. The van der Waals surface area contributed by atoms with Crippen LogP contribution in [0.4, 0.5) is 17.5 Å². The Morgan fingerprint density at radius 2 is 1.83 bits per heavy atom. The molecular formula is C22H23N7. The number of aromatic nitrogens is 5. The zero-order valence-corrected chi connectivity index (χ0v) is 16.9. The summed E-state index contributed by atoms with van der Waals surface area (Å²) in [6, 6.07) is 9.93. The van der Waals surface area contributed by atoms with Crippen molar-refractivity contribution in [1.82, 2.24) is 25.4 Å². The fourth-order valence-corrected chi connectivity index (χ4v) is 2.95. The number of fused-ring (bicyclic) bond motifs is 1. The molecular weight excluding hydrogens is 362 g/mol. The molecule has 3 heterocycles. The van der Waals surface area contributed by atoms with Crippen molar-refractivity contribution >= 4 is 28.4 Å². The van der Waals surface area contributed by atoms with Crippen LogP contribution in [0, 0.1) is 24.2 Å². The van der Waals surface area contributed by atoms with Crippen molar-refractivity contribution < 1.29 is 0 Å². The maximum absolute atomic E-state index is 6.08. The summed E-state index contributed by atoms with van der Waals surface area (Å²) >= 11 is 0. The minimum Gasteiger partial charge on any atom is -0.382 e. The van der Waals surface area contributed by atoms with Gasteiger partial charge >= 0.3 is 0 Å². The van der Waals surface area contributed by atoms with E-state index in [1.54, 1.807) is 6.20 Å². The summed E-state index contributed by atoms with van der Waals surface area (Å²) in [5.74, 6) is 8.46. The molecule has 0 atom stereocenters. The first kappa shape index (κ1) is 18.6. The average Bonchev–Trinajstić information content (AvgIpc) is 3.25. The van der Waals surface area contributed by atoms with Gasteiger partial charge in [0.15, 0.2) is 11.6 Å². The van der Waals surface area contributed by atoms with Crippen molar-refractivity contribution in [2.24, 2.45) is 5.41 Å². The van der Waals surface area contributed by atoms with Gasteiger partial charge in [0.1, 0.15) is 5.82 Å². The van der Waals surface area contributed by atoms with E-state index >= 15 is 0 Å². The predicted octanol–water partition coefficient (Wildman–Crippen LogP) is 4.38. The molecule has 0 aliphatic carbocycles. The van der Waals surface area contributed by atoms with Crippen LogP contribution in [0.2, 0.25) is 0 Å². The molecule has 3 aromatic heterocycles. The van der Waals surface area contributed by atoms with E-state index in [0.717, 1.165) is 39.1 Å². The SMILES string of the molecule is Cc1cc(Nc2cc(-c3cc(C#CC(C)(C)C)c4[nH]nc(N)c4c3)ccn2)n[nH]1. The lowest BCUT2D eigenvalue weighted by molar-refractivity contribution is 0.571. The average molecular weight is 385 g/mol. The number of anilines is 3. The number of nitrogens with two attached hydrogens (primary N) is 1. The summed E-state index contributed by atoms with van der Waals surface area (Å²) in [6.07, 6.45) is 1.76. The molecule has 0 unspecified atom stereocenters. The minimum absolute atomic E-state index is 0.108. The van der Waals surface area contributed by atoms with Crippen LogP contribution in [0.5, 0.6) is 0 Å². The monoisotopic (exact) mass is 385 g/mol. The number of H-pyrrole nitrogens is 2. The molecule has 0 spiro atoms. The van der Waals surface area contributed by atoms with Gasteiger partial charge in [0.25, 0.3) is 0 Å². The molecule has 0 bridgehead atoms. The minimum atomic E-state index is -0.108. The van der Waals surface area contributed by atoms with Crippen molar-refractivity contribution in [2.75, 3.05) is 11.1 Å². The number of hydrogen-bond acceptors (Lipinski definition) is 5. The second-order valence-corrected chi connectivity index (χ2v) is 8.05. The fourth-order valence-electron chi connectivity index (χ4n) is 2.95. The number of aryl methyl sites for hydroxylation is 1. The second kappa shape index (κ2) is 6.99. The Balaban J connectivity index is 1.78. The summed E-state index contributed by atoms with van der Waals surface area (Å²) in [5.41, 5.74) is 10.7. The van der Waals surface area contributed by atoms with E-state index < -0.39 is 0 Å². The lowest BCUT2D eigenvalue weighted by atomic mass is 9.96. The van der Waals surface area contributed by atoms with Gasteiger partial charge in [0.05, 0.1) is 11.1 Å². The topological polar surface area (TPSA) is 108 Å². The van der Waals surface area contributed by atoms with Crippen LogP contribution < -0.4 is 11.1 Å². The number of nitrogens with one attached hydrogen (secondary N) is 3. The molecule has 4 aromatic rings. The van der Waals surface area contributed by atoms with E-state index in [1.807, 2.05) is 31.2 Å². The molecule has 0 amide bonds. The van der Waals surface area contributed by atoms with Crippen molar-refractivity contribution in [3.63, 3.8) is 0 Å². The highest BCUT2D eigenvalue weighted by molar-refractivity contribution is 5.96. The van der Waals surface area contributed by atoms with Gasteiger partial charge in [-0.15, -0.1) is 0 Å². The van der Waals surface area contributed by atoms with Crippen LogP contribution in [-0.2, 0) is 0 Å². The largest absolute Gasteiger partial charge is 0.382 e. The zero-order valence-electron chi connectivity index (χ0n) is 16.9. The van der Waals surface area contributed by atoms with Gasteiger partial charge in [-0.05, 0) is 63.1 Å². The third-order valence-corrected chi connectivity index (χ3v) is 4.33. The summed E-state index contributed by atoms with van der Waals surface area (Å²) in [7, 11) is 0. The van der Waals surface area contributed by atoms with Crippen molar-refractivity contribution in [3.8, 4) is 23.0 Å². The Labute approximate surface area is 169 Å². The van der Waals surface area contributed by atoms with Gasteiger partial charge in [0.2, 0.25) is 0 Å². The van der Waals surface area contributed by atoms with E-state index in [9.17, 15) is 0 Å². The van der Waals surface area contributed by atoms with Crippen LogP contribution in [0.3, 0.4) is 0 Å². The number of hydrogen-bond donors (Lipinski definition) is 4. The van der Waals surface area contributed by atoms with Crippen LogP contribution >= 0.6 is 0 Å². The summed E-state index contributed by atoms with van der Waals surface area (Å²) < 4.78 is 0. The van der Waals surface area contributed by atoms with Crippen LogP contribution in [0.15, 0.2) is 36.5 Å². The summed E-state index contributed by atoms with van der Waals surface area (Å²) in [4.78, 5) is 4.39. The molecule has 0 saturated heterocycles. The molecule has 1 aromatic carbocycles. The highest BCUT2D eigenvalue weighted by Gasteiger charge is 2.12. The van der Waals surface area contributed by atoms with Gasteiger partial charge in [-0.3, -0.25) is 10.2 Å². The third-order valence-electron chi connectivity index (χ3n) is 4.33. The summed E-state index contributed by atoms with van der Waals surface area (Å²) in [5, 5.41) is 18.3. The number of pyridine rings is 1. The van der Waals surface area contributed by atoms with Crippen LogP contribution in [0.1, 0.15) is 32.0 Å². The van der Waals surface area contributed by atoms with E-state index in [0.29, 0.717) is 11.6 Å². The van der Waals surface area contributed by atoms with E-state index in [1.165, 1.54) is 0 Å². The van der Waals surface area contributed by atoms with E-state index in [-0.39, 0.29) is 5.41 Å². The zero-order chi connectivity index (χ0) is 20.6. The normalized spacial score (nSPS) is 11.3. The first-order chi connectivity index (χ1) is 13.8. The first-order valence-electron chi connectivity index (χ1n) is 9.35. The number of nitrogen functional groups attached to an aromatic ring is 1. The molecule has 7 nitrogen and oxygen atoms in total. The molecule has 0 saturated carbocycles. The van der Waals surface area contributed by atoms with Crippen molar-refractivity contribution in [1.29, 1.82) is 0 Å². The first-order valence-corrected chi connectivity index (χ1v) is 9.35. The molecule has 0 radical (unpaired) electrons. The molecule has 0 aliphatic rings. The maximum Gasteiger partial charge on any atom is 0.153 e. The number of benzene rings is 1. The molecule has 146 valence electrons. The molecule has 7 heteroatoms. The number of nitrogens with zero attached hydrogens (tertiary/aromatic N) is 3. The van der Waals surface area contributed by atoms with E-state index in [2.05, 4.69) is 69.4 Å². The highest BCUT2D eigenvalue weighted by atomic mass is 15.2. The quantitative estimate of drug-likeness (QED) is 0.391. The van der Waals surface area contributed by atoms with Crippen molar-refractivity contribution in [3.05, 3.63) is 47.8 Å². The molecule has 5 N–H and O–H groups in total. The summed E-state index contributed by atoms with van der Waals surface area (Å²) in [6.45, 7) is 8.20. The maximum atomic E-state index is 6.08. The Morgan fingerprint density at radius 3 is 2.55 bits per heavy atom. The van der Waals surface area contributed by atoms with Gasteiger partial charge in [-0.1, -0.05) is 11.8 Å². The Morgan fingerprint density at radius 1 is 1.00 bits per heavy atom. The fraction of sp³-hybridized carbons (Fsp3) is 0.227. The van der Waals surface area contributed by atoms with Gasteiger partial charge in [-0.25, -0.2) is 4.98 Å². The molecule has 4 rings (SSSR count). The van der Waals surface area contributed by atoms with Crippen molar-refractivity contribution in [2.45, 2.75) is 27.7 Å². The Bertz CT molecular complexity index is 1250. The predicted molar refractivity (Wildman–Crippen MR) is 117 cm³/mol. The molecule has 29 heavy (non-hydrogen) atoms. The lowest BCUT2D eigenvalue weighted by Gasteiger charge is -2.09. The second-order valence-electron chi connectivity index (χ2n) is 8.05. The number of rotatable bonds is 3. The molecule has 0 fully saturated rings. The lowest BCUT2D eigenvalue weighted by Crippen LogP contribution is -1.99. The van der Waals surface area contributed by atoms with Crippen LogP contribution in [0.25, 0.3) is 22.0 Å². The highest BCUT2D eigenvalue weighted by Crippen LogP contribution is 2.30. The Kier molecular flexibility index (Phi) is 4.47. The van der Waals surface area contributed by atoms with Gasteiger partial charge < -0.3 is 11.1 Å². The van der Waals surface area contributed by atoms with Crippen LogP contribution in [-0.4, -0.2) is 25.4 Å². The molecule has 0 aliphatic heterocycles. The smallest absolute Gasteiger partial charge is 0.153 e.